The summed E-state index contributed by atoms with van der Waals surface area (Å²) >= 11 is 12.2. The van der Waals surface area contributed by atoms with E-state index in [0.717, 1.165) is 29.5 Å². The van der Waals surface area contributed by atoms with Crippen LogP contribution in [0.4, 0.5) is 0 Å². The first-order chi connectivity index (χ1) is 10.8. The van der Waals surface area contributed by atoms with Crippen molar-refractivity contribution in [3.63, 3.8) is 0 Å². The minimum atomic E-state index is -2.14. The van der Waals surface area contributed by atoms with Crippen LogP contribution < -0.4 is 5.32 Å². The van der Waals surface area contributed by atoms with Gasteiger partial charge in [-0.3, -0.25) is 0 Å². The summed E-state index contributed by atoms with van der Waals surface area (Å²) < 4.78 is 22.4. The molecule has 0 spiro atoms. The molecular formula is C18H21Cl2N. The van der Waals surface area contributed by atoms with Crippen LogP contribution in [0.1, 0.15) is 53.0 Å². The van der Waals surface area contributed by atoms with Crippen molar-refractivity contribution in [2.75, 3.05) is 6.98 Å². The molecule has 0 fully saturated rings. The second-order valence-corrected chi connectivity index (χ2v) is 5.94. The van der Waals surface area contributed by atoms with Crippen molar-refractivity contribution >= 4 is 23.2 Å². The van der Waals surface area contributed by atoms with Crippen molar-refractivity contribution in [1.29, 1.82) is 0 Å². The molecule has 1 nitrogen and oxygen atoms in total. The molecule has 2 aromatic carbocycles. The maximum Gasteiger partial charge on any atom is 0.0595 e. The first-order valence-corrected chi connectivity index (χ1v) is 7.42. The van der Waals surface area contributed by atoms with Gasteiger partial charge in [0.25, 0.3) is 0 Å². The van der Waals surface area contributed by atoms with Crippen molar-refractivity contribution in [3.8, 4) is 0 Å². The van der Waals surface area contributed by atoms with E-state index in [1.165, 1.54) is 0 Å². The molecule has 0 unspecified atom stereocenters. The highest BCUT2D eigenvalue weighted by molar-refractivity contribution is 6.42. The Morgan fingerprint density at radius 2 is 1.81 bits per heavy atom. The fourth-order valence-corrected chi connectivity index (χ4v) is 3.32. The zero-order chi connectivity index (χ0) is 16.6. The van der Waals surface area contributed by atoms with Crippen molar-refractivity contribution in [1.82, 2.24) is 5.32 Å². The highest BCUT2D eigenvalue weighted by Crippen LogP contribution is 2.42. The third kappa shape index (κ3) is 3.11. The third-order valence-electron chi connectivity index (χ3n) is 4.01. The molecule has 1 aliphatic carbocycles. The summed E-state index contributed by atoms with van der Waals surface area (Å²) in [6.07, 6.45) is 1.63. The van der Waals surface area contributed by atoms with Gasteiger partial charge in [-0.15, -0.1) is 0 Å². The zero-order valence-electron chi connectivity index (χ0n) is 13.9. The van der Waals surface area contributed by atoms with E-state index in [4.69, 9.17) is 27.3 Å². The fraction of sp³-hybridized carbons (Fsp3) is 0.333. The fourth-order valence-electron chi connectivity index (χ4n) is 3.02. The van der Waals surface area contributed by atoms with E-state index < -0.39 is 6.98 Å². The molecule has 1 N–H and O–H groups in total. The Bertz CT molecular complexity index is 716. The molecule has 1 aliphatic rings. The van der Waals surface area contributed by atoms with Crippen LogP contribution in [-0.4, -0.2) is 6.98 Å². The molecule has 0 amide bonds. The number of hydrogen-bond donors (Lipinski definition) is 1. The largest absolute Gasteiger partial charge is 0.313 e. The topological polar surface area (TPSA) is 12.0 Å². The summed E-state index contributed by atoms with van der Waals surface area (Å²) in [4.78, 5) is 0. The number of hydrogen-bond acceptors (Lipinski definition) is 1. The molecule has 0 aliphatic heterocycles. The Labute approximate surface area is 141 Å². The lowest BCUT2D eigenvalue weighted by Crippen LogP contribution is -2.24. The normalized spacial score (nSPS) is 23.2. The highest BCUT2D eigenvalue weighted by Gasteiger charge is 2.27. The summed E-state index contributed by atoms with van der Waals surface area (Å²) in [6, 6.07) is 13.6. The molecule has 21 heavy (non-hydrogen) atoms. The molecule has 3 heteroatoms. The van der Waals surface area contributed by atoms with Crippen LogP contribution in [0.2, 0.25) is 10.0 Å². The van der Waals surface area contributed by atoms with Crippen LogP contribution in [-0.2, 0) is 0 Å². The summed E-state index contributed by atoms with van der Waals surface area (Å²) in [5.41, 5.74) is 3.31. The van der Waals surface area contributed by atoms with Crippen LogP contribution in [0.15, 0.2) is 42.5 Å². The van der Waals surface area contributed by atoms with Gasteiger partial charge in [0.15, 0.2) is 0 Å². The quantitative estimate of drug-likeness (QED) is 0.734. The number of halogens is 2. The Morgan fingerprint density at radius 3 is 2.52 bits per heavy atom. The van der Waals surface area contributed by atoms with Crippen LogP contribution in [0, 0.1) is 0 Å². The Morgan fingerprint density at radius 1 is 1.05 bits per heavy atom. The van der Waals surface area contributed by atoms with Gasteiger partial charge in [0.2, 0.25) is 0 Å². The summed E-state index contributed by atoms with van der Waals surface area (Å²) in [5, 5.41) is 3.85. The molecule has 0 bridgehead atoms. The van der Waals surface area contributed by atoms with Crippen molar-refractivity contribution < 1.29 is 4.11 Å². The number of fused-ring (bicyclic) bond motifs is 1. The van der Waals surface area contributed by atoms with E-state index >= 15 is 0 Å². The highest BCUT2D eigenvalue weighted by atomic mass is 35.5. The smallest absolute Gasteiger partial charge is 0.0595 e. The van der Waals surface area contributed by atoms with Gasteiger partial charge in [-0.25, -0.2) is 0 Å². The van der Waals surface area contributed by atoms with E-state index in [2.05, 4.69) is 11.4 Å². The lowest BCUT2D eigenvalue weighted by Gasteiger charge is -2.32. The first kappa shape index (κ1) is 12.5. The number of nitrogens with one attached hydrogen (secondary N) is 1. The average molecular weight is 325 g/mol. The van der Waals surface area contributed by atoms with Gasteiger partial charge < -0.3 is 5.32 Å². The first-order valence-electron chi connectivity index (χ1n) is 8.16. The van der Waals surface area contributed by atoms with Crippen molar-refractivity contribution in [3.05, 3.63) is 69.2 Å². The van der Waals surface area contributed by atoms with Gasteiger partial charge in [0.1, 0.15) is 0 Å². The molecule has 0 radical (unpaired) electrons. The predicted molar refractivity (Wildman–Crippen MR) is 92.5 cm³/mol. The zero-order valence-corrected chi connectivity index (χ0v) is 12.4. The maximum absolute atomic E-state index is 7.47. The molecule has 2 aromatic rings. The summed E-state index contributed by atoms with van der Waals surface area (Å²) in [6.45, 7) is -2.14. The SMILES string of the molecule is C.[2H]C([2H])([2H])N[C@H]1CC[C@@H](c2ccc(Cl)c(Cl)c2)c2ccccc21. The maximum atomic E-state index is 7.47. The number of rotatable bonds is 2. The van der Waals surface area contributed by atoms with Crippen LogP contribution in [0.25, 0.3) is 0 Å². The predicted octanol–water partition coefficient (Wildman–Crippen LogP) is 5.82. The van der Waals surface area contributed by atoms with E-state index in [9.17, 15) is 0 Å². The van der Waals surface area contributed by atoms with Gasteiger partial charge in [-0.1, -0.05) is 61.0 Å². The van der Waals surface area contributed by atoms with E-state index in [-0.39, 0.29) is 19.4 Å². The molecule has 2 atom stereocenters. The standard InChI is InChI=1S/C17H17Cl2N.CH4/c1-20-17-9-7-12(13-4-2-3-5-14(13)17)11-6-8-15(18)16(19)10-11;/h2-6,8,10,12,17,20H,7,9H2,1H3;1H4/t12-,17-;/m0./s1/i1D3;. The van der Waals surface area contributed by atoms with E-state index in [1.807, 2.05) is 36.4 Å². The van der Waals surface area contributed by atoms with Crippen molar-refractivity contribution in [2.45, 2.75) is 32.2 Å². The molecule has 112 valence electrons. The third-order valence-corrected chi connectivity index (χ3v) is 4.75. The Kier molecular flexibility index (Phi) is 4.07. The second-order valence-electron chi connectivity index (χ2n) is 5.13. The Hall–Kier alpha value is -1.02. The van der Waals surface area contributed by atoms with Crippen molar-refractivity contribution in [2.24, 2.45) is 0 Å². The Balaban J connectivity index is 0.00000208. The van der Waals surface area contributed by atoms with Gasteiger partial charge in [0.05, 0.1) is 10.0 Å². The summed E-state index contributed by atoms with van der Waals surface area (Å²) in [7, 11) is 0. The van der Waals surface area contributed by atoms with Gasteiger partial charge in [-0.05, 0) is 48.6 Å². The minimum absolute atomic E-state index is 0. The average Bonchev–Trinajstić information content (AvgIpc) is 2.49. The van der Waals surface area contributed by atoms with Crippen LogP contribution >= 0.6 is 23.2 Å². The number of benzene rings is 2. The minimum Gasteiger partial charge on any atom is -0.313 e. The lowest BCUT2D eigenvalue weighted by molar-refractivity contribution is 0.471. The molecule has 0 aromatic heterocycles. The molecule has 0 saturated carbocycles. The van der Waals surface area contributed by atoms with E-state index in [0.29, 0.717) is 10.0 Å². The molecule has 0 heterocycles. The van der Waals surface area contributed by atoms with Gasteiger partial charge in [-0.2, -0.15) is 0 Å². The van der Waals surface area contributed by atoms with E-state index in [1.54, 1.807) is 0 Å². The van der Waals surface area contributed by atoms with Gasteiger partial charge >= 0.3 is 0 Å². The summed E-state index contributed by atoms with van der Waals surface area (Å²) in [5.74, 6) is 0.204. The lowest BCUT2D eigenvalue weighted by atomic mass is 9.77. The van der Waals surface area contributed by atoms with Crippen LogP contribution in [0.5, 0.6) is 0 Å². The molecule has 3 rings (SSSR count). The second kappa shape index (κ2) is 6.83. The van der Waals surface area contributed by atoms with Crippen LogP contribution in [0.3, 0.4) is 0 Å². The monoisotopic (exact) mass is 324 g/mol. The molecular weight excluding hydrogens is 301 g/mol. The van der Waals surface area contributed by atoms with Gasteiger partial charge in [0, 0.05) is 16.1 Å². The molecule has 0 saturated heterocycles.